The fraction of sp³-hybridized carbons (Fsp3) is 0.538. The van der Waals surface area contributed by atoms with Crippen LogP contribution in [-0.2, 0) is 14.9 Å². The summed E-state index contributed by atoms with van der Waals surface area (Å²) in [7, 11) is 0. The van der Waals surface area contributed by atoms with Crippen molar-refractivity contribution in [2.75, 3.05) is 5.32 Å². The van der Waals surface area contributed by atoms with Crippen LogP contribution in [0.4, 0.5) is 10.7 Å². The molecule has 1 amide bonds. The second kappa shape index (κ2) is 4.73. The number of nitrogens with zero attached hydrogens (tertiary/aromatic N) is 2. The van der Waals surface area contributed by atoms with E-state index in [1.54, 1.807) is 20.8 Å². The average Bonchev–Trinajstić information content (AvgIpc) is 3.08. The van der Waals surface area contributed by atoms with Gasteiger partial charge in [0.1, 0.15) is 5.60 Å². The number of anilines is 1. The van der Waals surface area contributed by atoms with Gasteiger partial charge in [-0.1, -0.05) is 0 Å². The van der Waals surface area contributed by atoms with Crippen molar-refractivity contribution >= 4 is 18.0 Å². The Kier molecular flexibility index (Phi) is 3.37. The van der Waals surface area contributed by atoms with Crippen LogP contribution in [0.1, 0.15) is 39.2 Å². The van der Waals surface area contributed by atoms with Gasteiger partial charge in [0.05, 0.1) is 5.41 Å². The van der Waals surface area contributed by atoms with E-state index in [0.717, 1.165) is 0 Å². The average molecular weight is 279 g/mol. The van der Waals surface area contributed by atoms with Gasteiger partial charge in [0.15, 0.2) is 0 Å². The minimum atomic E-state index is -0.867. The van der Waals surface area contributed by atoms with Gasteiger partial charge < -0.3 is 9.84 Å². The number of aromatic nitrogens is 2. The molecule has 1 aliphatic rings. The fourth-order valence-electron chi connectivity index (χ4n) is 1.79. The number of carboxylic acids is 1. The molecule has 7 nitrogen and oxygen atoms in total. The highest BCUT2D eigenvalue weighted by Gasteiger charge is 2.52. The Morgan fingerprint density at radius 3 is 2.25 bits per heavy atom. The first-order chi connectivity index (χ1) is 9.23. The second-order valence-electron chi connectivity index (χ2n) is 5.81. The molecule has 0 unspecified atom stereocenters. The zero-order valence-electron chi connectivity index (χ0n) is 11.6. The van der Waals surface area contributed by atoms with E-state index in [1.807, 2.05) is 0 Å². The third-order valence-electron chi connectivity index (χ3n) is 2.98. The summed E-state index contributed by atoms with van der Waals surface area (Å²) in [6, 6.07) is 0. The lowest BCUT2D eigenvalue weighted by molar-refractivity contribution is -0.140. The molecule has 1 heterocycles. The summed E-state index contributed by atoms with van der Waals surface area (Å²) in [6.45, 7) is 5.25. The first-order valence-corrected chi connectivity index (χ1v) is 6.29. The summed E-state index contributed by atoms with van der Waals surface area (Å²) in [4.78, 5) is 30.6. The molecule has 0 saturated heterocycles. The van der Waals surface area contributed by atoms with E-state index in [-0.39, 0.29) is 5.95 Å². The first kappa shape index (κ1) is 14.2. The third kappa shape index (κ3) is 3.04. The van der Waals surface area contributed by atoms with Crippen LogP contribution in [-0.4, -0.2) is 32.7 Å². The topological polar surface area (TPSA) is 101 Å². The lowest BCUT2D eigenvalue weighted by atomic mass is 10.00. The van der Waals surface area contributed by atoms with Gasteiger partial charge in [-0.2, -0.15) is 0 Å². The van der Waals surface area contributed by atoms with Gasteiger partial charge >= 0.3 is 12.1 Å². The standard InChI is InChI=1S/C13H17N3O4/c1-12(2,3)20-11(19)16-10-14-6-8(7-15-10)13(4-5-13)9(17)18/h6-7H,4-5H2,1-3H3,(H,17,18)(H,14,15,16,19). The number of carbonyl (C=O) groups is 2. The molecule has 2 N–H and O–H groups in total. The summed E-state index contributed by atoms with van der Waals surface area (Å²) >= 11 is 0. The van der Waals surface area contributed by atoms with Crippen molar-refractivity contribution in [1.82, 2.24) is 9.97 Å². The molecule has 0 bridgehead atoms. The molecule has 1 aliphatic carbocycles. The smallest absolute Gasteiger partial charge is 0.414 e. The molecule has 1 aromatic heterocycles. The zero-order valence-corrected chi connectivity index (χ0v) is 11.6. The number of amides is 1. The van der Waals surface area contributed by atoms with E-state index in [9.17, 15) is 9.59 Å². The minimum absolute atomic E-state index is 0.0872. The summed E-state index contributed by atoms with van der Waals surface area (Å²) in [6.07, 6.45) is 3.39. The normalized spacial score (nSPS) is 16.4. The van der Waals surface area contributed by atoms with Crippen molar-refractivity contribution in [2.45, 2.75) is 44.6 Å². The van der Waals surface area contributed by atoms with Crippen LogP contribution in [0.25, 0.3) is 0 Å². The third-order valence-corrected chi connectivity index (χ3v) is 2.98. The maximum atomic E-state index is 11.5. The highest BCUT2D eigenvalue weighted by atomic mass is 16.6. The molecule has 2 rings (SSSR count). The van der Waals surface area contributed by atoms with E-state index in [4.69, 9.17) is 9.84 Å². The molecule has 20 heavy (non-hydrogen) atoms. The number of ether oxygens (including phenoxy) is 1. The fourth-order valence-corrected chi connectivity index (χ4v) is 1.79. The van der Waals surface area contributed by atoms with Gasteiger partial charge in [-0.25, -0.2) is 14.8 Å². The van der Waals surface area contributed by atoms with E-state index in [2.05, 4.69) is 15.3 Å². The van der Waals surface area contributed by atoms with Crippen molar-refractivity contribution in [3.63, 3.8) is 0 Å². The number of hydrogen-bond donors (Lipinski definition) is 2. The number of nitrogens with one attached hydrogen (secondary N) is 1. The summed E-state index contributed by atoms with van der Waals surface area (Å²) in [5.41, 5.74) is -0.893. The quantitative estimate of drug-likeness (QED) is 0.876. The molecule has 108 valence electrons. The molecular formula is C13H17N3O4. The van der Waals surface area contributed by atoms with Crippen LogP contribution in [0.15, 0.2) is 12.4 Å². The van der Waals surface area contributed by atoms with Crippen LogP contribution in [0, 0.1) is 0 Å². The number of carboxylic acid groups (broad SMARTS) is 1. The van der Waals surface area contributed by atoms with Gasteiger partial charge in [0.2, 0.25) is 5.95 Å². The van der Waals surface area contributed by atoms with Crippen LogP contribution in [0.2, 0.25) is 0 Å². The van der Waals surface area contributed by atoms with Crippen LogP contribution in [0.3, 0.4) is 0 Å². The van der Waals surface area contributed by atoms with Gasteiger partial charge in [-0.3, -0.25) is 10.1 Å². The maximum Gasteiger partial charge on any atom is 0.414 e. The van der Waals surface area contributed by atoms with Crippen molar-refractivity contribution in [3.05, 3.63) is 18.0 Å². The Morgan fingerprint density at radius 1 is 1.30 bits per heavy atom. The Labute approximate surface area is 116 Å². The number of aliphatic carboxylic acids is 1. The summed E-state index contributed by atoms with van der Waals surface area (Å²) < 4.78 is 5.07. The SMILES string of the molecule is CC(C)(C)OC(=O)Nc1ncc(C2(C(=O)O)CC2)cn1. The van der Waals surface area contributed by atoms with Crippen molar-refractivity contribution in [2.24, 2.45) is 0 Å². The van der Waals surface area contributed by atoms with Crippen molar-refractivity contribution < 1.29 is 19.4 Å². The summed E-state index contributed by atoms with van der Waals surface area (Å²) in [5.74, 6) is -0.779. The largest absolute Gasteiger partial charge is 0.481 e. The molecule has 0 aliphatic heterocycles. The van der Waals surface area contributed by atoms with Gasteiger partial charge in [-0.05, 0) is 33.6 Å². The molecule has 0 radical (unpaired) electrons. The summed E-state index contributed by atoms with van der Waals surface area (Å²) in [5, 5.41) is 11.6. The molecule has 0 aromatic carbocycles. The molecule has 1 aromatic rings. The Bertz CT molecular complexity index is 530. The molecule has 0 atom stereocenters. The Morgan fingerprint density at radius 2 is 1.85 bits per heavy atom. The first-order valence-electron chi connectivity index (χ1n) is 6.29. The predicted octanol–water partition coefficient (Wildman–Crippen LogP) is 1.94. The maximum absolute atomic E-state index is 11.5. The number of rotatable bonds is 3. The highest BCUT2D eigenvalue weighted by molar-refractivity contribution is 5.85. The van der Waals surface area contributed by atoms with Gasteiger partial charge in [0.25, 0.3) is 0 Å². The molecule has 1 saturated carbocycles. The van der Waals surface area contributed by atoms with Gasteiger partial charge in [0, 0.05) is 18.0 Å². The van der Waals surface area contributed by atoms with Gasteiger partial charge in [-0.15, -0.1) is 0 Å². The van der Waals surface area contributed by atoms with Crippen molar-refractivity contribution in [1.29, 1.82) is 0 Å². The minimum Gasteiger partial charge on any atom is -0.481 e. The van der Waals surface area contributed by atoms with Crippen molar-refractivity contribution in [3.8, 4) is 0 Å². The van der Waals surface area contributed by atoms with E-state index < -0.39 is 23.1 Å². The molecule has 0 spiro atoms. The molecule has 7 heteroatoms. The molecular weight excluding hydrogens is 262 g/mol. The lowest BCUT2D eigenvalue weighted by Gasteiger charge is -2.19. The highest BCUT2D eigenvalue weighted by Crippen LogP contribution is 2.47. The predicted molar refractivity (Wildman–Crippen MR) is 70.4 cm³/mol. The van der Waals surface area contributed by atoms with E-state index >= 15 is 0 Å². The number of carbonyl (C=O) groups excluding carboxylic acids is 1. The zero-order chi connectivity index (χ0) is 15.0. The number of hydrogen-bond acceptors (Lipinski definition) is 5. The molecule has 1 fully saturated rings. The lowest BCUT2D eigenvalue weighted by Crippen LogP contribution is -2.28. The van der Waals surface area contributed by atoms with Crippen LogP contribution >= 0.6 is 0 Å². The van der Waals surface area contributed by atoms with Crippen LogP contribution in [0.5, 0.6) is 0 Å². The monoisotopic (exact) mass is 279 g/mol. The Balaban J connectivity index is 2.03. The Hall–Kier alpha value is -2.18. The van der Waals surface area contributed by atoms with Crippen LogP contribution < -0.4 is 5.32 Å². The second-order valence-corrected chi connectivity index (χ2v) is 5.81. The van der Waals surface area contributed by atoms with E-state index in [1.165, 1.54) is 12.4 Å². The van der Waals surface area contributed by atoms with E-state index in [0.29, 0.717) is 18.4 Å².